The third kappa shape index (κ3) is 5.01. The lowest BCUT2D eigenvalue weighted by Gasteiger charge is -2.28. The summed E-state index contributed by atoms with van der Waals surface area (Å²) in [6, 6.07) is 8.08. The van der Waals surface area contributed by atoms with Crippen molar-refractivity contribution in [2.45, 2.75) is 13.0 Å². The molecule has 1 unspecified atom stereocenters. The molecule has 1 amide bonds. The summed E-state index contributed by atoms with van der Waals surface area (Å²) in [6.07, 6.45) is 1.01. The molecule has 0 aliphatic heterocycles. The van der Waals surface area contributed by atoms with Crippen molar-refractivity contribution < 1.29 is 22.7 Å². The van der Waals surface area contributed by atoms with Gasteiger partial charge in [0.05, 0.1) is 36.9 Å². The maximum Gasteiger partial charge on any atom is 0.248 e. The van der Waals surface area contributed by atoms with Gasteiger partial charge < -0.3 is 14.8 Å². The van der Waals surface area contributed by atoms with Gasteiger partial charge in [-0.2, -0.15) is 0 Å². The number of halogens is 2. The Hall–Kier alpha value is -2.16. The molecule has 0 bridgehead atoms. The normalized spacial score (nSPS) is 12.2. The van der Waals surface area contributed by atoms with Gasteiger partial charge >= 0.3 is 0 Å². The van der Waals surface area contributed by atoms with Crippen molar-refractivity contribution in [1.29, 1.82) is 0 Å². The Morgan fingerprint density at radius 2 is 1.71 bits per heavy atom. The van der Waals surface area contributed by atoms with E-state index in [1.165, 1.54) is 45.4 Å². The molecule has 28 heavy (non-hydrogen) atoms. The van der Waals surface area contributed by atoms with Crippen LogP contribution in [0.4, 0.5) is 11.4 Å². The minimum atomic E-state index is -3.80. The molecule has 0 saturated heterocycles. The van der Waals surface area contributed by atoms with Gasteiger partial charge in [0.15, 0.2) is 11.5 Å². The predicted molar refractivity (Wildman–Crippen MR) is 111 cm³/mol. The van der Waals surface area contributed by atoms with E-state index in [4.69, 9.17) is 32.7 Å². The van der Waals surface area contributed by atoms with E-state index >= 15 is 0 Å². The summed E-state index contributed by atoms with van der Waals surface area (Å²) in [4.78, 5) is 12.7. The Labute approximate surface area is 174 Å². The van der Waals surface area contributed by atoms with Gasteiger partial charge in [-0.25, -0.2) is 8.42 Å². The Morgan fingerprint density at radius 3 is 2.29 bits per heavy atom. The van der Waals surface area contributed by atoms with Crippen molar-refractivity contribution in [3.8, 4) is 11.5 Å². The van der Waals surface area contributed by atoms with Gasteiger partial charge in [-0.3, -0.25) is 9.10 Å². The molecule has 0 fully saturated rings. The van der Waals surface area contributed by atoms with E-state index in [2.05, 4.69) is 5.32 Å². The molecule has 2 rings (SSSR count). The minimum Gasteiger partial charge on any atom is -0.493 e. The number of nitrogens with zero attached hydrogens (tertiary/aromatic N) is 1. The van der Waals surface area contributed by atoms with Crippen molar-refractivity contribution >= 4 is 50.5 Å². The van der Waals surface area contributed by atoms with Crippen LogP contribution in [0.1, 0.15) is 6.92 Å². The number of rotatable bonds is 7. The molecule has 1 atom stereocenters. The fraction of sp³-hybridized carbons (Fsp3) is 0.278. The topological polar surface area (TPSA) is 84.9 Å². The Bertz CT molecular complexity index is 982. The second kappa shape index (κ2) is 8.89. The highest BCUT2D eigenvalue weighted by Crippen LogP contribution is 2.33. The van der Waals surface area contributed by atoms with E-state index in [-0.39, 0.29) is 16.4 Å². The van der Waals surface area contributed by atoms with Crippen LogP contribution < -0.4 is 19.1 Å². The number of benzene rings is 2. The van der Waals surface area contributed by atoms with E-state index in [0.29, 0.717) is 16.5 Å². The summed E-state index contributed by atoms with van der Waals surface area (Å²) in [5.74, 6) is 0.186. The lowest BCUT2D eigenvalue weighted by atomic mass is 10.2. The number of anilines is 2. The number of sulfonamides is 1. The van der Waals surface area contributed by atoms with Crippen LogP contribution in [-0.4, -0.2) is 40.8 Å². The summed E-state index contributed by atoms with van der Waals surface area (Å²) in [5.41, 5.74) is 0.534. The molecule has 1 N–H and O–H groups in total. The Balaban J connectivity index is 2.40. The molecule has 152 valence electrons. The minimum absolute atomic E-state index is 0.250. The lowest BCUT2D eigenvalue weighted by molar-refractivity contribution is -0.116. The highest BCUT2D eigenvalue weighted by Gasteiger charge is 2.30. The van der Waals surface area contributed by atoms with Crippen LogP contribution >= 0.6 is 23.2 Å². The summed E-state index contributed by atoms with van der Waals surface area (Å²) in [6.45, 7) is 1.46. The maximum atomic E-state index is 12.7. The Morgan fingerprint density at radius 1 is 1.07 bits per heavy atom. The zero-order valence-corrected chi connectivity index (χ0v) is 18.0. The highest BCUT2D eigenvalue weighted by atomic mass is 35.5. The summed E-state index contributed by atoms with van der Waals surface area (Å²) >= 11 is 12.0. The number of hydrogen-bond donors (Lipinski definition) is 1. The lowest BCUT2D eigenvalue weighted by Crippen LogP contribution is -2.45. The monoisotopic (exact) mass is 446 g/mol. The third-order valence-corrected chi connectivity index (χ3v) is 5.70. The first kappa shape index (κ1) is 22.1. The van der Waals surface area contributed by atoms with Crippen molar-refractivity contribution in [2.75, 3.05) is 30.1 Å². The summed E-state index contributed by atoms with van der Waals surface area (Å²) in [7, 11) is -0.897. The van der Waals surface area contributed by atoms with Crippen LogP contribution in [-0.2, 0) is 14.8 Å². The first-order valence-corrected chi connectivity index (χ1v) is 10.7. The van der Waals surface area contributed by atoms with Gasteiger partial charge in [0.25, 0.3) is 0 Å². The number of ether oxygens (including phenoxy) is 2. The molecule has 0 spiro atoms. The van der Waals surface area contributed by atoms with E-state index in [1.54, 1.807) is 12.1 Å². The summed E-state index contributed by atoms with van der Waals surface area (Å²) in [5, 5.41) is 3.27. The first-order valence-electron chi connectivity index (χ1n) is 8.05. The molecule has 0 radical (unpaired) electrons. The Kier molecular flexibility index (Phi) is 7.03. The van der Waals surface area contributed by atoms with Crippen molar-refractivity contribution in [3.05, 3.63) is 46.4 Å². The number of amides is 1. The standard InChI is InChI=1S/C18H20Cl2N2O5S/c1-11(18(23)21-15-9-12(19)5-7-14(15)20)22(28(4,24)25)13-6-8-16(26-2)17(10-13)27-3/h5-11H,1-4H3,(H,21,23). The molecule has 0 aliphatic rings. The van der Waals surface area contributed by atoms with E-state index in [1.807, 2.05) is 0 Å². The first-order chi connectivity index (χ1) is 13.1. The molecular weight excluding hydrogens is 427 g/mol. The largest absolute Gasteiger partial charge is 0.493 e. The molecular formula is C18H20Cl2N2O5S. The SMILES string of the molecule is COc1ccc(N(C(C)C(=O)Nc2cc(Cl)ccc2Cl)S(C)(=O)=O)cc1OC. The maximum absolute atomic E-state index is 12.7. The quantitative estimate of drug-likeness (QED) is 0.698. The number of carbonyl (C=O) groups excluding carboxylic acids is 1. The van der Waals surface area contributed by atoms with Gasteiger partial charge in [-0.1, -0.05) is 23.2 Å². The van der Waals surface area contributed by atoms with Gasteiger partial charge in [-0.15, -0.1) is 0 Å². The molecule has 0 aliphatic carbocycles. The van der Waals surface area contributed by atoms with Crippen LogP contribution in [0.15, 0.2) is 36.4 Å². The smallest absolute Gasteiger partial charge is 0.248 e. The van der Waals surface area contributed by atoms with Crippen molar-refractivity contribution in [2.24, 2.45) is 0 Å². The molecule has 0 saturated carbocycles. The van der Waals surface area contributed by atoms with Crippen LogP contribution in [0.5, 0.6) is 11.5 Å². The van der Waals surface area contributed by atoms with Gasteiger partial charge in [0.2, 0.25) is 15.9 Å². The third-order valence-electron chi connectivity index (χ3n) is 3.90. The van der Waals surface area contributed by atoms with E-state index < -0.39 is 22.0 Å². The van der Waals surface area contributed by atoms with Crippen molar-refractivity contribution in [1.82, 2.24) is 0 Å². The second-order valence-corrected chi connectivity index (χ2v) is 8.59. The molecule has 0 aromatic heterocycles. The van der Waals surface area contributed by atoms with Gasteiger partial charge in [0, 0.05) is 11.1 Å². The fourth-order valence-electron chi connectivity index (χ4n) is 2.60. The van der Waals surface area contributed by atoms with Gasteiger partial charge in [-0.05, 0) is 37.3 Å². The number of carbonyl (C=O) groups is 1. The molecule has 10 heteroatoms. The molecule has 7 nitrogen and oxygen atoms in total. The zero-order valence-electron chi connectivity index (χ0n) is 15.7. The van der Waals surface area contributed by atoms with Crippen LogP contribution in [0.25, 0.3) is 0 Å². The van der Waals surface area contributed by atoms with Crippen LogP contribution in [0.3, 0.4) is 0 Å². The second-order valence-electron chi connectivity index (χ2n) is 5.89. The number of hydrogen-bond acceptors (Lipinski definition) is 5. The van der Waals surface area contributed by atoms with E-state index in [0.717, 1.165) is 10.6 Å². The molecule has 2 aromatic carbocycles. The molecule has 2 aromatic rings. The number of methoxy groups -OCH3 is 2. The zero-order chi connectivity index (χ0) is 21.1. The van der Waals surface area contributed by atoms with Crippen LogP contribution in [0.2, 0.25) is 10.0 Å². The van der Waals surface area contributed by atoms with Gasteiger partial charge in [0.1, 0.15) is 6.04 Å². The van der Waals surface area contributed by atoms with Crippen LogP contribution in [0, 0.1) is 0 Å². The van der Waals surface area contributed by atoms with Crippen molar-refractivity contribution in [3.63, 3.8) is 0 Å². The average Bonchev–Trinajstić information content (AvgIpc) is 2.63. The van der Waals surface area contributed by atoms with E-state index in [9.17, 15) is 13.2 Å². The predicted octanol–water partition coefficient (Wildman–Crippen LogP) is 3.80. The summed E-state index contributed by atoms with van der Waals surface area (Å²) < 4.78 is 36.2. The average molecular weight is 447 g/mol. The number of nitrogens with one attached hydrogen (secondary N) is 1. The fourth-order valence-corrected chi connectivity index (χ4v) is 4.10. The highest BCUT2D eigenvalue weighted by molar-refractivity contribution is 7.92. The molecule has 0 heterocycles.